The maximum atomic E-state index is 9.57. The minimum absolute atomic E-state index is 0.0965. The largest absolute Gasteiger partial charge is 0.508 e. The Morgan fingerprint density at radius 2 is 1.88 bits per heavy atom. The minimum Gasteiger partial charge on any atom is -0.508 e. The topological polar surface area (TPSA) is 52.8 Å². The van der Waals surface area contributed by atoms with Gasteiger partial charge in [-0.3, -0.25) is 4.99 Å². The lowest BCUT2D eigenvalue weighted by Crippen LogP contribution is -1.82. The Labute approximate surface area is 99.7 Å². The summed E-state index contributed by atoms with van der Waals surface area (Å²) in [6.45, 7) is 1.99. The Balaban J connectivity index is 2.29. The van der Waals surface area contributed by atoms with Crippen molar-refractivity contribution in [3.63, 3.8) is 0 Å². The summed E-state index contributed by atoms with van der Waals surface area (Å²) in [6.07, 6.45) is 1.53. The minimum atomic E-state index is 0.0965. The number of aryl methyl sites for hydroxylation is 1. The molecule has 2 N–H and O–H groups in total. The van der Waals surface area contributed by atoms with Crippen molar-refractivity contribution in [2.45, 2.75) is 6.92 Å². The Morgan fingerprint density at radius 1 is 1.06 bits per heavy atom. The molecule has 0 amide bonds. The van der Waals surface area contributed by atoms with E-state index in [4.69, 9.17) is 0 Å². The molecule has 0 heterocycles. The molecule has 0 aliphatic heterocycles. The normalized spacial score (nSPS) is 10.9. The average molecular weight is 227 g/mol. The van der Waals surface area contributed by atoms with Crippen LogP contribution >= 0.6 is 0 Å². The number of aromatic hydroxyl groups is 2. The highest BCUT2D eigenvalue weighted by atomic mass is 16.3. The molecule has 0 fully saturated rings. The number of phenolic OH excluding ortho intramolecular Hbond substituents is 2. The highest BCUT2D eigenvalue weighted by Gasteiger charge is 1.99. The van der Waals surface area contributed by atoms with E-state index in [-0.39, 0.29) is 11.5 Å². The Hall–Kier alpha value is -2.29. The molecule has 2 aromatic carbocycles. The standard InChI is InChI=1S/C14H13NO2/c1-10-3-2-4-12(7-10)15-9-11-8-13(16)5-6-14(11)17/h2-9,16-17H,1H3. The van der Waals surface area contributed by atoms with E-state index in [1.54, 1.807) is 0 Å². The smallest absolute Gasteiger partial charge is 0.124 e. The number of rotatable bonds is 2. The Kier molecular flexibility index (Phi) is 3.10. The predicted molar refractivity (Wildman–Crippen MR) is 68.2 cm³/mol. The molecule has 2 rings (SSSR count). The first-order valence-corrected chi connectivity index (χ1v) is 5.28. The molecule has 0 radical (unpaired) electrons. The second-order valence-corrected chi connectivity index (χ2v) is 3.84. The molecule has 0 unspecified atom stereocenters. The fourth-order valence-electron chi connectivity index (χ4n) is 1.50. The van der Waals surface area contributed by atoms with Gasteiger partial charge >= 0.3 is 0 Å². The van der Waals surface area contributed by atoms with Crippen LogP contribution < -0.4 is 0 Å². The first-order valence-electron chi connectivity index (χ1n) is 5.28. The zero-order valence-corrected chi connectivity index (χ0v) is 9.46. The number of nitrogens with zero attached hydrogens (tertiary/aromatic N) is 1. The lowest BCUT2D eigenvalue weighted by atomic mass is 10.2. The molecule has 17 heavy (non-hydrogen) atoms. The Morgan fingerprint density at radius 3 is 2.65 bits per heavy atom. The van der Waals surface area contributed by atoms with E-state index in [1.165, 1.54) is 24.4 Å². The van der Waals surface area contributed by atoms with Crippen LogP contribution in [-0.2, 0) is 0 Å². The van der Waals surface area contributed by atoms with Gasteiger partial charge in [-0.1, -0.05) is 12.1 Å². The Bertz CT molecular complexity index is 562. The second kappa shape index (κ2) is 4.70. The van der Waals surface area contributed by atoms with Gasteiger partial charge in [0.15, 0.2) is 0 Å². The first-order chi connectivity index (χ1) is 8.15. The maximum absolute atomic E-state index is 9.57. The first kappa shape index (κ1) is 11.2. The molecule has 0 aliphatic rings. The molecule has 0 atom stereocenters. The van der Waals surface area contributed by atoms with Crippen molar-refractivity contribution in [3.05, 3.63) is 53.6 Å². The van der Waals surface area contributed by atoms with Gasteiger partial charge in [-0.05, 0) is 42.8 Å². The molecular weight excluding hydrogens is 214 g/mol. The van der Waals surface area contributed by atoms with Crippen molar-refractivity contribution in [1.29, 1.82) is 0 Å². The van der Waals surface area contributed by atoms with Gasteiger partial charge < -0.3 is 10.2 Å². The fourth-order valence-corrected chi connectivity index (χ4v) is 1.50. The second-order valence-electron chi connectivity index (χ2n) is 3.84. The van der Waals surface area contributed by atoms with Crippen LogP contribution in [0.15, 0.2) is 47.5 Å². The van der Waals surface area contributed by atoms with E-state index in [2.05, 4.69) is 4.99 Å². The monoisotopic (exact) mass is 227 g/mol. The van der Waals surface area contributed by atoms with Gasteiger partial charge in [0.05, 0.1) is 5.69 Å². The van der Waals surface area contributed by atoms with E-state index in [1.807, 2.05) is 31.2 Å². The summed E-state index contributed by atoms with van der Waals surface area (Å²) < 4.78 is 0. The summed E-state index contributed by atoms with van der Waals surface area (Å²) in [6, 6.07) is 12.1. The average Bonchev–Trinajstić information content (AvgIpc) is 2.30. The van der Waals surface area contributed by atoms with Gasteiger partial charge in [-0.2, -0.15) is 0 Å². The van der Waals surface area contributed by atoms with Gasteiger partial charge in [-0.15, -0.1) is 0 Å². The van der Waals surface area contributed by atoms with Crippen LogP contribution in [0.2, 0.25) is 0 Å². The molecule has 86 valence electrons. The molecule has 0 bridgehead atoms. The van der Waals surface area contributed by atoms with E-state index in [9.17, 15) is 10.2 Å². The van der Waals surface area contributed by atoms with Crippen LogP contribution in [0.3, 0.4) is 0 Å². The lowest BCUT2D eigenvalue weighted by molar-refractivity contribution is 0.459. The predicted octanol–water partition coefficient (Wildman–Crippen LogP) is 3.16. The SMILES string of the molecule is Cc1cccc(N=Cc2cc(O)ccc2O)c1. The molecular formula is C14H13NO2. The molecule has 0 aromatic heterocycles. The lowest BCUT2D eigenvalue weighted by Gasteiger charge is -1.99. The van der Waals surface area contributed by atoms with Gasteiger partial charge in [0.1, 0.15) is 11.5 Å². The van der Waals surface area contributed by atoms with Crippen LogP contribution in [0.25, 0.3) is 0 Å². The van der Waals surface area contributed by atoms with E-state index in [0.717, 1.165) is 11.3 Å². The van der Waals surface area contributed by atoms with Crippen molar-refractivity contribution in [2.24, 2.45) is 4.99 Å². The fraction of sp³-hybridized carbons (Fsp3) is 0.0714. The molecule has 0 aliphatic carbocycles. The van der Waals surface area contributed by atoms with Crippen molar-refractivity contribution in [3.8, 4) is 11.5 Å². The van der Waals surface area contributed by atoms with Crippen molar-refractivity contribution in [2.75, 3.05) is 0 Å². The summed E-state index contributed by atoms with van der Waals surface area (Å²) in [5.74, 6) is 0.202. The molecule has 0 spiro atoms. The summed E-state index contributed by atoms with van der Waals surface area (Å²) in [5, 5.41) is 18.9. The third kappa shape index (κ3) is 2.84. The molecule has 3 heteroatoms. The maximum Gasteiger partial charge on any atom is 0.124 e. The van der Waals surface area contributed by atoms with Gasteiger partial charge in [0.2, 0.25) is 0 Å². The van der Waals surface area contributed by atoms with Crippen LogP contribution in [0, 0.1) is 6.92 Å². The summed E-state index contributed by atoms with van der Waals surface area (Å²) in [7, 11) is 0. The molecule has 0 saturated carbocycles. The number of phenols is 2. The third-order valence-electron chi connectivity index (χ3n) is 2.37. The zero-order chi connectivity index (χ0) is 12.3. The molecule has 0 saturated heterocycles. The summed E-state index contributed by atoms with van der Waals surface area (Å²) in [4.78, 5) is 4.24. The van der Waals surface area contributed by atoms with Crippen LogP contribution in [-0.4, -0.2) is 16.4 Å². The molecule has 2 aromatic rings. The number of hydrogen-bond acceptors (Lipinski definition) is 3. The van der Waals surface area contributed by atoms with Crippen LogP contribution in [0.1, 0.15) is 11.1 Å². The van der Waals surface area contributed by atoms with E-state index >= 15 is 0 Å². The highest BCUT2D eigenvalue weighted by Crippen LogP contribution is 2.21. The summed E-state index contributed by atoms with van der Waals surface area (Å²) >= 11 is 0. The third-order valence-corrected chi connectivity index (χ3v) is 2.37. The number of hydrogen-bond donors (Lipinski definition) is 2. The van der Waals surface area contributed by atoms with Crippen molar-refractivity contribution in [1.82, 2.24) is 0 Å². The number of aliphatic imine (C=N–C) groups is 1. The zero-order valence-electron chi connectivity index (χ0n) is 9.46. The number of benzene rings is 2. The van der Waals surface area contributed by atoms with Crippen LogP contribution in [0.5, 0.6) is 11.5 Å². The highest BCUT2D eigenvalue weighted by molar-refractivity contribution is 5.85. The summed E-state index contributed by atoms with van der Waals surface area (Å²) in [5.41, 5.74) is 2.43. The van der Waals surface area contributed by atoms with Gasteiger partial charge in [-0.25, -0.2) is 0 Å². The van der Waals surface area contributed by atoms with Gasteiger partial charge in [0.25, 0.3) is 0 Å². The van der Waals surface area contributed by atoms with Crippen molar-refractivity contribution < 1.29 is 10.2 Å². The van der Waals surface area contributed by atoms with E-state index in [0.29, 0.717) is 5.56 Å². The van der Waals surface area contributed by atoms with Crippen molar-refractivity contribution >= 4 is 11.9 Å². The molecule has 3 nitrogen and oxygen atoms in total. The van der Waals surface area contributed by atoms with Gasteiger partial charge in [0, 0.05) is 11.8 Å². The van der Waals surface area contributed by atoms with Crippen LogP contribution in [0.4, 0.5) is 5.69 Å². The van der Waals surface area contributed by atoms with E-state index < -0.39 is 0 Å². The quantitative estimate of drug-likeness (QED) is 0.611.